The quantitative estimate of drug-likeness (QED) is 0.852. The van der Waals surface area contributed by atoms with Crippen LogP contribution in [0.1, 0.15) is 57.5 Å². The lowest BCUT2D eigenvalue weighted by atomic mass is 9.99. The molecule has 1 aromatic carbocycles. The number of hydrogen-bond acceptors (Lipinski definition) is 4. The number of rotatable bonds is 3. The zero-order valence-corrected chi connectivity index (χ0v) is 15.5. The summed E-state index contributed by atoms with van der Waals surface area (Å²) in [5.41, 5.74) is 1.82. The summed E-state index contributed by atoms with van der Waals surface area (Å²) in [6.45, 7) is 2.51. The van der Waals surface area contributed by atoms with E-state index in [-0.39, 0.29) is 17.9 Å². The Kier molecular flexibility index (Phi) is 5.30. The van der Waals surface area contributed by atoms with Crippen molar-refractivity contribution in [2.45, 2.75) is 32.2 Å². The van der Waals surface area contributed by atoms with E-state index < -0.39 is 0 Å². The third kappa shape index (κ3) is 3.59. The van der Waals surface area contributed by atoms with E-state index in [1.807, 2.05) is 42.2 Å². The molecule has 136 valence electrons. The van der Waals surface area contributed by atoms with Gasteiger partial charge in [-0.15, -0.1) is 0 Å². The van der Waals surface area contributed by atoms with Gasteiger partial charge in [0.1, 0.15) is 0 Å². The fourth-order valence-corrected chi connectivity index (χ4v) is 3.29. The normalized spacial score (nSPS) is 17.0. The molecule has 2 heterocycles. The van der Waals surface area contributed by atoms with Crippen LogP contribution in [0.15, 0.2) is 36.5 Å². The zero-order valence-electron chi connectivity index (χ0n) is 15.5. The summed E-state index contributed by atoms with van der Waals surface area (Å²) in [6, 6.07) is 9.15. The summed E-state index contributed by atoms with van der Waals surface area (Å²) in [5, 5.41) is 0. The first-order valence-corrected chi connectivity index (χ1v) is 8.90. The first kappa shape index (κ1) is 18.0. The van der Waals surface area contributed by atoms with Crippen LogP contribution in [0.4, 0.5) is 0 Å². The molecular formula is C20H24N4O2. The maximum Gasteiger partial charge on any atom is 0.256 e. The number of hydrogen-bond donors (Lipinski definition) is 0. The molecule has 0 aliphatic carbocycles. The Morgan fingerprint density at radius 3 is 2.54 bits per heavy atom. The first-order valence-electron chi connectivity index (χ1n) is 8.90. The predicted octanol–water partition coefficient (Wildman–Crippen LogP) is 2.85. The highest BCUT2D eigenvalue weighted by atomic mass is 16.2. The Morgan fingerprint density at radius 2 is 1.88 bits per heavy atom. The Morgan fingerprint density at radius 1 is 1.15 bits per heavy atom. The summed E-state index contributed by atoms with van der Waals surface area (Å²) in [5.74, 6) is 0.502. The lowest BCUT2D eigenvalue weighted by Crippen LogP contribution is -2.39. The molecule has 1 fully saturated rings. The van der Waals surface area contributed by atoms with Crippen molar-refractivity contribution in [2.75, 3.05) is 20.6 Å². The van der Waals surface area contributed by atoms with Crippen LogP contribution in [0, 0.1) is 6.92 Å². The van der Waals surface area contributed by atoms with Gasteiger partial charge in [0.2, 0.25) is 0 Å². The van der Waals surface area contributed by atoms with Crippen molar-refractivity contribution in [3.8, 4) is 0 Å². The topological polar surface area (TPSA) is 66.4 Å². The van der Waals surface area contributed by atoms with Gasteiger partial charge in [-0.2, -0.15) is 0 Å². The van der Waals surface area contributed by atoms with E-state index in [0.717, 1.165) is 19.3 Å². The van der Waals surface area contributed by atoms with Crippen LogP contribution in [-0.2, 0) is 0 Å². The number of aryl methyl sites for hydroxylation is 1. The Bertz CT molecular complexity index is 805. The molecule has 6 nitrogen and oxygen atoms in total. The zero-order chi connectivity index (χ0) is 18.7. The van der Waals surface area contributed by atoms with E-state index >= 15 is 0 Å². The molecular weight excluding hydrogens is 328 g/mol. The second-order valence-electron chi connectivity index (χ2n) is 6.80. The number of likely N-dealkylation sites (tertiary alicyclic amines) is 1. The van der Waals surface area contributed by atoms with Gasteiger partial charge < -0.3 is 9.80 Å². The molecule has 1 aromatic heterocycles. The molecule has 2 amide bonds. The van der Waals surface area contributed by atoms with Crippen molar-refractivity contribution in [3.05, 3.63) is 59.2 Å². The largest absolute Gasteiger partial charge is 0.345 e. The highest BCUT2D eigenvalue weighted by Gasteiger charge is 2.31. The summed E-state index contributed by atoms with van der Waals surface area (Å²) < 4.78 is 0. The van der Waals surface area contributed by atoms with E-state index in [2.05, 4.69) is 9.97 Å². The van der Waals surface area contributed by atoms with Crippen molar-refractivity contribution in [1.82, 2.24) is 19.8 Å². The minimum Gasteiger partial charge on any atom is -0.345 e. The number of aromatic nitrogens is 2. The van der Waals surface area contributed by atoms with Gasteiger partial charge in [0.25, 0.3) is 11.8 Å². The van der Waals surface area contributed by atoms with Crippen LogP contribution in [0.3, 0.4) is 0 Å². The average Bonchev–Trinajstić information content (AvgIpc) is 2.67. The van der Waals surface area contributed by atoms with Gasteiger partial charge in [0.15, 0.2) is 5.82 Å². The van der Waals surface area contributed by atoms with Crippen molar-refractivity contribution in [3.63, 3.8) is 0 Å². The highest BCUT2D eigenvalue weighted by Crippen LogP contribution is 2.30. The molecule has 3 rings (SSSR count). The van der Waals surface area contributed by atoms with Crippen LogP contribution in [0.2, 0.25) is 0 Å². The maximum atomic E-state index is 12.9. The van der Waals surface area contributed by atoms with Crippen LogP contribution in [0.25, 0.3) is 0 Å². The number of piperidine rings is 1. The molecule has 0 unspecified atom stereocenters. The smallest absolute Gasteiger partial charge is 0.256 e. The number of carbonyl (C=O) groups is 2. The lowest BCUT2D eigenvalue weighted by molar-refractivity contribution is 0.0598. The second kappa shape index (κ2) is 7.64. The van der Waals surface area contributed by atoms with Crippen molar-refractivity contribution >= 4 is 11.8 Å². The second-order valence-corrected chi connectivity index (χ2v) is 6.80. The fraction of sp³-hybridized carbons (Fsp3) is 0.400. The molecule has 1 saturated heterocycles. The van der Waals surface area contributed by atoms with Gasteiger partial charge >= 0.3 is 0 Å². The van der Waals surface area contributed by atoms with Gasteiger partial charge in [-0.3, -0.25) is 9.59 Å². The molecule has 1 aliphatic heterocycles. The SMILES string of the molecule is Cc1nc([C@H]2CCCCN2C(=O)c2ccccc2)ncc1C(=O)N(C)C. The number of benzene rings is 1. The summed E-state index contributed by atoms with van der Waals surface area (Å²) >= 11 is 0. The molecule has 26 heavy (non-hydrogen) atoms. The Labute approximate surface area is 153 Å². The molecule has 1 aliphatic rings. The third-order valence-corrected chi connectivity index (χ3v) is 4.72. The lowest BCUT2D eigenvalue weighted by Gasteiger charge is -2.35. The van der Waals surface area contributed by atoms with Crippen molar-refractivity contribution < 1.29 is 9.59 Å². The monoisotopic (exact) mass is 352 g/mol. The molecule has 6 heteroatoms. The standard InChI is InChI=1S/C20H24N4O2/c1-14-16(20(26)23(2)3)13-21-18(22-14)17-11-7-8-12-24(17)19(25)15-9-5-4-6-10-15/h4-6,9-10,13,17H,7-8,11-12H2,1-3H3/t17-/m1/s1. The number of carbonyl (C=O) groups excluding carboxylic acids is 2. The van der Waals surface area contributed by atoms with E-state index in [9.17, 15) is 9.59 Å². The molecule has 0 radical (unpaired) electrons. The number of nitrogens with zero attached hydrogens (tertiary/aromatic N) is 4. The molecule has 1 atom stereocenters. The van der Waals surface area contributed by atoms with Gasteiger partial charge in [-0.05, 0) is 38.3 Å². The molecule has 0 saturated carbocycles. The van der Waals surface area contributed by atoms with Crippen LogP contribution in [-0.4, -0.2) is 52.2 Å². The molecule has 0 spiro atoms. The fourth-order valence-electron chi connectivity index (χ4n) is 3.29. The minimum absolute atomic E-state index is 0.00463. The first-order chi connectivity index (χ1) is 12.5. The van der Waals surface area contributed by atoms with E-state index in [1.165, 1.54) is 4.90 Å². The molecule has 0 bridgehead atoms. The highest BCUT2D eigenvalue weighted by molar-refractivity contribution is 5.95. The molecule has 2 aromatic rings. The van der Waals surface area contributed by atoms with Crippen LogP contribution in [0.5, 0.6) is 0 Å². The van der Waals surface area contributed by atoms with Crippen molar-refractivity contribution in [2.24, 2.45) is 0 Å². The van der Waals surface area contributed by atoms with Gasteiger partial charge in [-0.1, -0.05) is 18.2 Å². The van der Waals surface area contributed by atoms with Crippen molar-refractivity contribution in [1.29, 1.82) is 0 Å². The Balaban J connectivity index is 1.89. The molecule has 0 N–H and O–H groups in total. The van der Waals surface area contributed by atoms with Gasteiger partial charge in [-0.25, -0.2) is 9.97 Å². The Hall–Kier alpha value is -2.76. The summed E-state index contributed by atoms with van der Waals surface area (Å²) in [6.07, 6.45) is 4.42. The maximum absolute atomic E-state index is 12.9. The third-order valence-electron chi connectivity index (χ3n) is 4.72. The summed E-state index contributed by atoms with van der Waals surface area (Å²) in [7, 11) is 3.41. The van der Waals surface area contributed by atoms with Gasteiger partial charge in [0.05, 0.1) is 17.3 Å². The van der Waals surface area contributed by atoms with E-state index in [4.69, 9.17) is 0 Å². The van der Waals surface area contributed by atoms with E-state index in [0.29, 0.717) is 29.2 Å². The van der Waals surface area contributed by atoms with E-state index in [1.54, 1.807) is 20.3 Å². The minimum atomic E-state index is -0.154. The average molecular weight is 352 g/mol. The predicted molar refractivity (Wildman–Crippen MR) is 98.9 cm³/mol. The van der Waals surface area contributed by atoms with Crippen LogP contribution < -0.4 is 0 Å². The van der Waals surface area contributed by atoms with Crippen LogP contribution >= 0.6 is 0 Å². The number of amides is 2. The van der Waals surface area contributed by atoms with Gasteiger partial charge in [0, 0.05) is 32.4 Å². The summed E-state index contributed by atoms with van der Waals surface area (Å²) in [4.78, 5) is 37.5.